The Balaban J connectivity index is 1.19. The minimum atomic E-state index is 0.678. The number of rotatable bonds is 9. The first kappa shape index (κ1) is 23.4. The van der Waals surface area contributed by atoms with Crippen LogP contribution in [0.5, 0.6) is 0 Å². The van der Waals surface area contributed by atoms with Crippen LogP contribution in [0.25, 0.3) is 0 Å². The van der Waals surface area contributed by atoms with Crippen LogP contribution in [-0.4, -0.2) is 13.1 Å². The van der Waals surface area contributed by atoms with Gasteiger partial charge in [-0.2, -0.15) is 20.5 Å². The Morgan fingerprint density at radius 1 is 0.412 bits per heavy atom. The van der Waals surface area contributed by atoms with Gasteiger partial charge in [0.2, 0.25) is 0 Å². The van der Waals surface area contributed by atoms with Crippen LogP contribution < -0.4 is 10.6 Å². The van der Waals surface area contributed by atoms with Crippen LogP contribution in [0.4, 0.5) is 34.1 Å². The number of nitrogens with zero attached hydrogens (tertiary/aromatic N) is 4. The normalized spacial score (nSPS) is 11.2. The van der Waals surface area contributed by atoms with Crippen LogP contribution in [0.2, 0.25) is 10.0 Å². The summed E-state index contributed by atoms with van der Waals surface area (Å²) in [6, 6.07) is 30.1. The minimum Gasteiger partial charge on any atom is -0.383 e. The summed E-state index contributed by atoms with van der Waals surface area (Å²) in [7, 11) is 0. The van der Waals surface area contributed by atoms with Crippen LogP contribution >= 0.6 is 23.2 Å². The van der Waals surface area contributed by atoms with Gasteiger partial charge in [-0.3, -0.25) is 0 Å². The van der Waals surface area contributed by atoms with Crippen molar-refractivity contribution in [3.63, 3.8) is 0 Å². The molecule has 4 aromatic rings. The molecular formula is C26H22Cl2N6. The predicted octanol–water partition coefficient (Wildman–Crippen LogP) is 9.35. The highest BCUT2D eigenvalue weighted by Crippen LogP contribution is 2.23. The third kappa shape index (κ3) is 7.40. The van der Waals surface area contributed by atoms with E-state index in [4.69, 9.17) is 23.2 Å². The van der Waals surface area contributed by atoms with Gasteiger partial charge in [0.1, 0.15) is 0 Å². The zero-order valence-corrected chi connectivity index (χ0v) is 19.7. The van der Waals surface area contributed by atoms with Crippen molar-refractivity contribution in [2.45, 2.75) is 0 Å². The molecule has 0 fully saturated rings. The van der Waals surface area contributed by atoms with E-state index in [1.165, 1.54) is 0 Å². The van der Waals surface area contributed by atoms with Crippen molar-refractivity contribution >= 4 is 57.3 Å². The summed E-state index contributed by atoms with van der Waals surface area (Å²) in [6.07, 6.45) is 0. The molecule has 34 heavy (non-hydrogen) atoms. The fourth-order valence-corrected chi connectivity index (χ4v) is 3.20. The highest BCUT2D eigenvalue weighted by molar-refractivity contribution is 6.30. The maximum Gasteiger partial charge on any atom is 0.0858 e. The summed E-state index contributed by atoms with van der Waals surface area (Å²) in [6.45, 7) is 1.54. The summed E-state index contributed by atoms with van der Waals surface area (Å²) >= 11 is 11.8. The van der Waals surface area contributed by atoms with E-state index in [0.29, 0.717) is 10.0 Å². The highest BCUT2D eigenvalue weighted by Gasteiger charge is 1.97. The van der Waals surface area contributed by atoms with E-state index < -0.39 is 0 Å². The lowest BCUT2D eigenvalue weighted by Gasteiger charge is -2.09. The number of azo groups is 2. The standard InChI is InChI=1S/C26H22Cl2N6/c27-19-1-5-23(6-2-19)31-33-25-13-9-21(10-14-25)29-17-18-30-22-11-15-26(16-12-22)34-32-24-7-3-20(28)4-8-24/h1-16,29-30H,17-18H2. The lowest BCUT2D eigenvalue weighted by Crippen LogP contribution is -2.13. The molecule has 4 rings (SSSR count). The number of hydrogen-bond donors (Lipinski definition) is 2. The Labute approximate surface area is 208 Å². The first-order chi connectivity index (χ1) is 16.6. The van der Waals surface area contributed by atoms with Crippen molar-refractivity contribution in [1.82, 2.24) is 0 Å². The van der Waals surface area contributed by atoms with Gasteiger partial charge in [0.05, 0.1) is 22.7 Å². The van der Waals surface area contributed by atoms with E-state index in [-0.39, 0.29) is 0 Å². The molecule has 0 heterocycles. The zero-order chi connectivity index (χ0) is 23.6. The first-order valence-corrected chi connectivity index (χ1v) is 11.4. The van der Waals surface area contributed by atoms with E-state index in [0.717, 1.165) is 47.2 Å². The molecule has 0 saturated heterocycles. The minimum absolute atomic E-state index is 0.678. The maximum absolute atomic E-state index is 5.88. The molecule has 6 nitrogen and oxygen atoms in total. The summed E-state index contributed by atoms with van der Waals surface area (Å²) < 4.78 is 0. The van der Waals surface area contributed by atoms with Gasteiger partial charge in [-0.1, -0.05) is 23.2 Å². The summed E-state index contributed by atoms with van der Waals surface area (Å²) in [4.78, 5) is 0. The number of hydrogen-bond acceptors (Lipinski definition) is 6. The van der Waals surface area contributed by atoms with E-state index in [1.54, 1.807) is 24.3 Å². The van der Waals surface area contributed by atoms with Gasteiger partial charge in [0.15, 0.2) is 0 Å². The van der Waals surface area contributed by atoms with Gasteiger partial charge in [-0.25, -0.2) is 0 Å². The Morgan fingerprint density at radius 2 is 0.676 bits per heavy atom. The van der Waals surface area contributed by atoms with Crippen LogP contribution in [0.3, 0.4) is 0 Å². The SMILES string of the molecule is Clc1ccc(N=Nc2ccc(NCCNc3ccc(N=Nc4ccc(Cl)cc4)cc3)cc2)cc1. The summed E-state index contributed by atoms with van der Waals surface area (Å²) in [5, 5.41) is 25.0. The van der Waals surface area contributed by atoms with Crippen LogP contribution in [0, 0.1) is 0 Å². The van der Waals surface area contributed by atoms with Crippen molar-refractivity contribution in [2.75, 3.05) is 23.7 Å². The van der Waals surface area contributed by atoms with Gasteiger partial charge >= 0.3 is 0 Å². The second-order valence-electron chi connectivity index (χ2n) is 7.30. The van der Waals surface area contributed by atoms with Crippen molar-refractivity contribution in [3.8, 4) is 0 Å². The molecule has 0 bridgehead atoms. The van der Waals surface area contributed by atoms with Gasteiger partial charge in [-0.15, -0.1) is 0 Å². The van der Waals surface area contributed by atoms with Gasteiger partial charge in [0.25, 0.3) is 0 Å². The molecule has 0 radical (unpaired) electrons. The third-order valence-corrected chi connectivity index (χ3v) is 5.24. The summed E-state index contributed by atoms with van der Waals surface area (Å²) in [5.41, 5.74) is 5.12. The first-order valence-electron chi connectivity index (χ1n) is 10.7. The topological polar surface area (TPSA) is 73.5 Å². The molecule has 0 aliphatic carbocycles. The smallest absolute Gasteiger partial charge is 0.0858 e. The molecule has 0 unspecified atom stereocenters. The second-order valence-corrected chi connectivity index (χ2v) is 8.17. The zero-order valence-electron chi connectivity index (χ0n) is 18.2. The van der Waals surface area contributed by atoms with E-state index in [9.17, 15) is 0 Å². The van der Waals surface area contributed by atoms with Gasteiger partial charge < -0.3 is 10.6 Å². The van der Waals surface area contributed by atoms with Crippen molar-refractivity contribution in [3.05, 3.63) is 107 Å². The maximum atomic E-state index is 5.88. The Kier molecular flexibility index (Phi) is 8.22. The van der Waals surface area contributed by atoms with Crippen LogP contribution in [0.1, 0.15) is 0 Å². The molecule has 170 valence electrons. The van der Waals surface area contributed by atoms with Gasteiger partial charge in [0, 0.05) is 34.5 Å². The molecule has 0 aliphatic heterocycles. The fraction of sp³-hybridized carbons (Fsp3) is 0.0769. The molecule has 4 aromatic carbocycles. The summed E-state index contributed by atoms with van der Waals surface area (Å²) in [5.74, 6) is 0. The third-order valence-electron chi connectivity index (χ3n) is 4.73. The molecule has 0 aliphatic rings. The lowest BCUT2D eigenvalue weighted by atomic mass is 10.3. The van der Waals surface area contributed by atoms with E-state index in [1.807, 2.05) is 72.8 Å². The lowest BCUT2D eigenvalue weighted by molar-refractivity contribution is 1.08. The molecule has 0 spiro atoms. The molecule has 8 heteroatoms. The number of nitrogens with one attached hydrogen (secondary N) is 2. The van der Waals surface area contributed by atoms with Crippen LogP contribution in [0.15, 0.2) is 118 Å². The highest BCUT2D eigenvalue weighted by atomic mass is 35.5. The molecule has 0 saturated carbocycles. The quantitative estimate of drug-likeness (QED) is 0.182. The fourth-order valence-electron chi connectivity index (χ4n) is 2.95. The average Bonchev–Trinajstić information content (AvgIpc) is 2.87. The van der Waals surface area contributed by atoms with E-state index in [2.05, 4.69) is 31.1 Å². The molecule has 0 aromatic heterocycles. The number of benzene rings is 4. The predicted molar refractivity (Wildman–Crippen MR) is 141 cm³/mol. The second kappa shape index (κ2) is 11.9. The van der Waals surface area contributed by atoms with E-state index >= 15 is 0 Å². The van der Waals surface area contributed by atoms with Crippen molar-refractivity contribution < 1.29 is 0 Å². The number of anilines is 2. The molecule has 0 amide bonds. The van der Waals surface area contributed by atoms with Crippen molar-refractivity contribution in [2.24, 2.45) is 20.5 Å². The molecular weight excluding hydrogens is 467 g/mol. The van der Waals surface area contributed by atoms with Crippen molar-refractivity contribution in [1.29, 1.82) is 0 Å². The molecule has 0 atom stereocenters. The van der Waals surface area contributed by atoms with Crippen LogP contribution in [-0.2, 0) is 0 Å². The average molecular weight is 489 g/mol. The monoisotopic (exact) mass is 488 g/mol. The Morgan fingerprint density at radius 3 is 0.971 bits per heavy atom. The van der Waals surface area contributed by atoms with Gasteiger partial charge in [-0.05, 0) is 97.1 Å². The Hall–Kier alpha value is -3.74. The number of halogens is 2. The molecule has 2 N–H and O–H groups in total. The largest absolute Gasteiger partial charge is 0.383 e. The Bertz CT molecular complexity index is 1140.